The number of piperazine rings is 1. The van der Waals surface area contributed by atoms with Crippen molar-refractivity contribution in [1.29, 1.82) is 0 Å². The van der Waals surface area contributed by atoms with Gasteiger partial charge in [0.2, 0.25) is 11.9 Å². The molecule has 2 aromatic carbocycles. The van der Waals surface area contributed by atoms with Gasteiger partial charge in [0, 0.05) is 67.2 Å². The average molecular weight is 540 g/mol. The molecule has 40 heavy (non-hydrogen) atoms. The van der Waals surface area contributed by atoms with Crippen LogP contribution in [0.3, 0.4) is 0 Å². The van der Waals surface area contributed by atoms with E-state index in [1.807, 2.05) is 37.3 Å². The minimum Gasteiger partial charge on any atom is -0.494 e. The summed E-state index contributed by atoms with van der Waals surface area (Å²) in [6, 6.07) is 14.9. The molecule has 0 unspecified atom stereocenters. The van der Waals surface area contributed by atoms with Gasteiger partial charge in [-0.15, -0.1) is 0 Å². The highest BCUT2D eigenvalue weighted by atomic mass is 16.5. The number of benzene rings is 2. The fourth-order valence-electron chi connectivity index (χ4n) is 5.04. The number of aromatic nitrogens is 3. The highest BCUT2D eigenvalue weighted by molar-refractivity contribution is 5.94. The van der Waals surface area contributed by atoms with E-state index in [4.69, 9.17) is 9.72 Å². The van der Waals surface area contributed by atoms with Crippen molar-refractivity contribution in [1.82, 2.24) is 19.4 Å². The van der Waals surface area contributed by atoms with Crippen LogP contribution >= 0.6 is 0 Å². The van der Waals surface area contributed by atoms with Crippen LogP contribution in [0.1, 0.15) is 18.4 Å². The molecule has 206 valence electrons. The lowest BCUT2D eigenvalue weighted by Gasteiger charge is -2.34. The summed E-state index contributed by atoms with van der Waals surface area (Å²) in [4.78, 5) is 39.6. The molecule has 6 rings (SSSR count). The Morgan fingerprint density at radius 2 is 1.82 bits per heavy atom. The predicted octanol–water partition coefficient (Wildman–Crippen LogP) is 3.94. The lowest BCUT2D eigenvalue weighted by molar-refractivity contribution is -0.117. The number of rotatable bonds is 7. The summed E-state index contributed by atoms with van der Waals surface area (Å²) in [6.07, 6.45) is 3.56. The molecule has 2 N–H and O–H groups in total. The number of amides is 1. The fourth-order valence-corrected chi connectivity index (χ4v) is 5.04. The predicted molar refractivity (Wildman–Crippen MR) is 157 cm³/mol. The monoisotopic (exact) mass is 539 g/mol. The van der Waals surface area contributed by atoms with E-state index in [-0.39, 0.29) is 17.4 Å². The third kappa shape index (κ3) is 5.22. The number of hydrogen-bond acceptors (Lipinski definition) is 8. The molecule has 0 spiro atoms. The van der Waals surface area contributed by atoms with Crippen LogP contribution in [0.4, 0.5) is 23.0 Å². The van der Waals surface area contributed by atoms with E-state index in [9.17, 15) is 9.59 Å². The number of pyridine rings is 1. The Kier molecular flexibility index (Phi) is 6.85. The number of hydrogen-bond donors (Lipinski definition) is 2. The van der Waals surface area contributed by atoms with Gasteiger partial charge in [0.25, 0.3) is 5.56 Å². The maximum absolute atomic E-state index is 13.3. The van der Waals surface area contributed by atoms with Crippen LogP contribution in [-0.2, 0) is 4.79 Å². The van der Waals surface area contributed by atoms with Gasteiger partial charge in [0.05, 0.1) is 18.5 Å². The average Bonchev–Trinajstić information content (AvgIpc) is 3.80. The van der Waals surface area contributed by atoms with Crippen LogP contribution < -0.4 is 25.8 Å². The highest BCUT2D eigenvalue weighted by Gasteiger charge is 2.29. The Morgan fingerprint density at radius 3 is 2.58 bits per heavy atom. The van der Waals surface area contributed by atoms with Gasteiger partial charge in [-0.2, -0.15) is 4.98 Å². The van der Waals surface area contributed by atoms with E-state index >= 15 is 0 Å². The van der Waals surface area contributed by atoms with Gasteiger partial charge in [-0.25, -0.2) is 4.98 Å². The van der Waals surface area contributed by atoms with E-state index in [1.165, 1.54) is 0 Å². The van der Waals surface area contributed by atoms with Crippen molar-refractivity contribution in [2.45, 2.75) is 19.8 Å². The molecule has 2 aliphatic rings. The molecule has 1 saturated heterocycles. The van der Waals surface area contributed by atoms with Gasteiger partial charge in [-0.1, -0.05) is 6.07 Å². The topological polar surface area (TPSA) is 105 Å². The van der Waals surface area contributed by atoms with E-state index < -0.39 is 0 Å². The maximum atomic E-state index is 13.3. The summed E-state index contributed by atoms with van der Waals surface area (Å²) >= 11 is 0. The number of likely N-dealkylation sites (N-methyl/N-ethyl adjacent to an activating group) is 1. The molecule has 1 aliphatic carbocycles. The number of nitrogens with zero attached hydrogens (tertiary/aromatic N) is 5. The van der Waals surface area contributed by atoms with Crippen molar-refractivity contribution in [3.05, 3.63) is 70.6 Å². The second-order valence-corrected chi connectivity index (χ2v) is 10.5. The van der Waals surface area contributed by atoms with Gasteiger partial charge in [-0.05, 0) is 62.7 Å². The molecule has 2 fully saturated rings. The molecule has 2 aromatic heterocycles. The second-order valence-electron chi connectivity index (χ2n) is 10.5. The first-order valence-electron chi connectivity index (χ1n) is 13.6. The highest BCUT2D eigenvalue weighted by Crippen LogP contribution is 2.33. The zero-order chi connectivity index (χ0) is 27.8. The Balaban J connectivity index is 1.34. The summed E-state index contributed by atoms with van der Waals surface area (Å²) in [5.41, 5.74) is 4.14. The lowest BCUT2D eigenvalue weighted by atomic mass is 10.2. The minimum absolute atomic E-state index is 0.0136. The standard InChI is InChI=1S/C30H33N7O3/c1-19-15-27(38)37(23-6-4-5-21(16-23)32-29(39)20-7-8-20)28-24(19)18-31-30(34-28)33-25-10-9-22(17-26(25)40-3)36-13-11-35(2)12-14-36/h4-6,9-10,15-18,20H,7-8,11-14H2,1-3H3,(H,32,39)(H,31,33,34). The summed E-state index contributed by atoms with van der Waals surface area (Å²) in [6.45, 7) is 5.83. The minimum atomic E-state index is -0.213. The molecule has 0 atom stereocenters. The molecule has 4 aromatic rings. The van der Waals surface area contributed by atoms with Gasteiger partial charge >= 0.3 is 0 Å². The van der Waals surface area contributed by atoms with Crippen molar-refractivity contribution in [3.8, 4) is 11.4 Å². The van der Waals surface area contributed by atoms with E-state index in [2.05, 4.69) is 38.5 Å². The number of carbonyl (C=O) groups is 1. The first-order valence-corrected chi connectivity index (χ1v) is 13.6. The van der Waals surface area contributed by atoms with Crippen LogP contribution in [0.2, 0.25) is 0 Å². The SMILES string of the molecule is COc1cc(N2CCN(C)CC2)ccc1Nc1ncc2c(C)cc(=O)n(-c3cccc(NC(=O)C4CC4)c3)c2n1. The molecule has 1 aliphatic heterocycles. The third-order valence-corrected chi connectivity index (χ3v) is 7.59. The Morgan fingerprint density at radius 1 is 1.02 bits per heavy atom. The van der Waals surface area contributed by atoms with Crippen molar-refractivity contribution in [2.75, 3.05) is 55.9 Å². The first-order chi connectivity index (χ1) is 19.4. The van der Waals surface area contributed by atoms with Crippen LogP contribution in [0, 0.1) is 12.8 Å². The zero-order valence-corrected chi connectivity index (χ0v) is 23.0. The summed E-state index contributed by atoms with van der Waals surface area (Å²) < 4.78 is 7.26. The summed E-state index contributed by atoms with van der Waals surface area (Å²) in [7, 11) is 3.78. The van der Waals surface area contributed by atoms with Gasteiger partial charge in [0.15, 0.2) is 5.65 Å². The lowest BCUT2D eigenvalue weighted by Crippen LogP contribution is -2.44. The zero-order valence-electron chi connectivity index (χ0n) is 23.0. The van der Waals surface area contributed by atoms with Crippen LogP contribution in [-0.4, -0.2) is 65.7 Å². The third-order valence-electron chi connectivity index (χ3n) is 7.59. The number of ether oxygens (including phenoxy) is 1. The molecule has 10 heteroatoms. The molecule has 10 nitrogen and oxygen atoms in total. The number of aryl methyl sites for hydroxylation is 1. The normalized spacial score (nSPS) is 15.7. The molecular weight excluding hydrogens is 506 g/mol. The van der Waals surface area contributed by atoms with E-state index in [0.29, 0.717) is 28.7 Å². The van der Waals surface area contributed by atoms with Gasteiger partial charge in [0.1, 0.15) is 5.75 Å². The van der Waals surface area contributed by atoms with Crippen LogP contribution in [0.15, 0.2) is 59.5 Å². The molecule has 1 amide bonds. The molecule has 1 saturated carbocycles. The van der Waals surface area contributed by atoms with Crippen molar-refractivity contribution in [2.24, 2.45) is 5.92 Å². The van der Waals surface area contributed by atoms with Crippen LogP contribution in [0.5, 0.6) is 5.75 Å². The number of anilines is 4. The number of nitrogens with one attached hydrogen (secondary N) is 2. The quantitative estimate of drug-likeness (QED) is 0.364. The largest absolute Gasteiger partial charge is 0.494 e. The molecule has 0 bridgehead atoms. The molecule has 0 radical (unpaired) electrons. The number of fused-ring (bicyclic) bond motifs is 1. The van der Waals surface area contributed by atoms with Crippen molar-refractivity contribution < 1.29 is 9.53 Å². The van der Waals surface area contributed by atoms with Gasteiger partial charge in [-0.3, -0.25) is 14.2 Å². The van der Waals surface area contributed by atoms with Gasteiger partial charge < -0.3 is 25.2 Å². The number of methoxy groups -OCH3 is 1. The molecular formula is C30H33N7O3. The van der Waals surface area contributed by atoms with Crippen LogP contribution in [0.25, 0.3) is 16.7 Å². The number of carbonyl (C=O) groups excluding carboxylic acids is 1. The summed E-state index contributed by atoms with van der Waals surface area (Å²) in [5, 5.41) is 7.00. The maximum Gasteiger partial charge on any atom is 0.257 e. The van der Waals surface area contributed by atoms with Crippen molar-refractivity contribution >= 4 is 40.0 Å². The fraction of sp³-hybridized carbons (Fsp3) is 0.333. The summed E-state index contributed by atoms with van der Waals surface area (Å²) in [5.74, 6) is 1.12. The molecule has 3 heterocycles. The Labute approximate surface area is 232 Å². The first kappa shape index (κ1) is 25.8. The van der Waals surface area contributed by atoms with E-state index in [1.54, 1.807) is 30.0 Å². The van der Waals surface area contributed by atoms with Crippen molar-refractivity contribution in [3.63, 3.8) is 0 Å². The smallest absolute Gasteiger partial charge is 0.257 e. The van der Waals surface area contributed by atoms with E-state index in [0.717, 1.165) is 61.3 Å². The Bertz CT molecular complexity index is 1640. The second kappa shape index (κ2) is 10.6. The Hall–Kier alpha value is -4.44.